The number of amides is 4. The van der Waals surface area contributed by atoms with Gasteiger partial charge < -0.3 is 44.5 Å². The van der Waals surface area contributed by atoms with Gasteiger partial charge in [-0.3, -0.25) is 14.2 Å². The maximum Gasteiger partial charge on any atom is 0.408 e. The summed E-state index contributed by atoms with van der Waals surface area (Å²) in [7, 11) is -2.61. The second-order valence-corrected chi connectivity index (χ2v) is 14.1. The van der Waals surface area contributed by atoms with Crippen molar-refractivity contribution in [3.05, 3.63) is 34.9 Å². The van der Waals surface area contributed by atoms with Crippen molar-refractivity contribution in [2.75, 3.05) is 40.0 Å². The summed E-state index contributed by atoms with van der Waals surface area (Å²) in [4.78, 5) is 52.7. The van der Waals surface area contributed by atoms with Crippen LogP contribution in [-0.4, -0.2) is 91.9 Å². The highest BCUT2D eigenvalue weighted by Crippen LogP contribution is 2.53. The number of benzene rings is 1. The normalized spacial score (nSPS) is 15.5. The molecule has 14 nitrogen and oxygen atoms in total. The minimum Gasteiger partial charge on any atom is -0.450 e. The molecule has 4 N–H and O–H groups in total. The minimum atomic E-state index is -4.15. The summed E-state index contributed by atoms with van der Waals surface area (Å²) in [6.07, 6.45) is 3.54. The summed E-state index contributed by atoms with van der Waals surface area (Å²) >= 11 is 6.04. The number of hydrogen-bond acceptors (Lipinski definition) is 10. The van der Waals surface area contributed by atoms with Crippen LogP contribution in [0.4, 0.5) is 9.59 Å². The molecule has 0 aliphatic heterocycles. The maximum absolute atomic E-state index is 13.8. The van der Waals surface area contributed by atoms with Crippen LogP contribution in [0.1, 0.15) is 77.7 Å². The zero-order valence-corrected chi connectivity index (χ0v) is 30.1. The van der Waals surface area contributed by atoms with E-state index in [-0.39, 0.29) is 64.2 Å². The third kappa shape index (κ3) is 14.7. The van der Waals surface area contributed by atoms with Gasteiger partial charge in [0.15, 0.2) is 5.85 Å². The van der Waals surface area contributed by atoms with E-state index in [1.54, 1.807) is 52.1 Å². The highest BCUT2D eigenvalue weighted by molar-refractivity contribution is 7.54. The number of rotatable bonds is 20. The zero-order valence-electron chi connectivity index (χ0n) is 28.4. The number of likely N-dealkylation sites (N-methyl/N-ethyl adjacent to an activating group) is 1. The summed E-state index contributed by atoms with van der Waals surface area (Å²) in [5.41, 5.74) is 0.669. The average Bonchev–Trinajstić information content (AvgIpc) is 3.05. The van der Waals surface area contributed by atoms with E-state index in [9.17, 15) is 28.8 Å². The smallest absolute Gasteiger partial charge is 0.408 e. The van der Waals surface area contributed by atoms with E-state index in [1.165, 1.54) is 4.90 Å². The SMILES string of the molecule is CCOC(=O)NCCN(C)C(=O)CC[C@H](NC(=O)[C@H](CC1CCCCC1)NC(=O)OCc1cccc(Cl)c1)C(O)P(=O)(OCC)OCC. The van der Waals surface area contributed by atoms with Gasteiger partial charge in [0, 0.05) is 31.6 Å². The molecular weight excluding hydrogens is 667 g/mol. The van der Waals surface area contributed by atoms with Crippen LogP contribution in [0.2, 0.25) is 5.02 Å². The van der Waals surface area contributed by atoms with Crippen molar-refractivity contribution >= 4 is 43.2 Å². The first-order valence-electron chi connectivity index (χ1n) is 16.6. The van der Waals surface area contributed by atoms with Gasteiger partial charge in [0.2, 0.25) is 11.8 Å². The Morgan fingerprint density at radius 1 is 1.00 bits per heavy atom. The molecule has 2 rings (SSSR count). The Kier molecular flexibility index (Phi) is 18.9. The van der Waals surface area contributed by atoms with Gasteiger partial charge >= 0.3 is 19.8 Å². The van der Waals surface area contributed by atoms with Crippen molar-refractivity contribution < 1.29 is 47.4 Å². The fourth-order valence-corrected chi connectivity index (χ4v) is 7.38. The van der Waals surface area contributed by atoms with Gasteiger partial charge in [-0.25, -0.2) is 9.59 Å². The number of aliphatic hydroxyl groups excluding tert-OH is 1. The van der Waals surface area contributed by atoms with E-state index in [0.29, 0.717) is 17.0 Å². The number of halogens is 1. The summed E-state index contributed by atoms with van der Waals surface area (Å²) in [5.74, 6) is -2.63. The third-order valence-corrected chi connectivity index (χ3v) is 10.4. The maximum atomic E-state index is 13.8. The monoisotopic (exact) mass is 718 g/mol. The summed E-state index contributed by atoms with van der Waals surface area (Å²) in [5, 5.41) is 19.7. The van der Waals surface area contributed by atoms with Crippen LogP contribution in [0, 0.1) is 5.92 Å². The third-order valence-electron chi connectivity index (χ3n) is 7.88. The van der Waals surface area contributed by atoms with E-state index in [1.807, 2.05) is 0 Å². The molecule has 1 aromatic rings. The first kappa shape index (κ1) is 41.3. The highest BCUT2D eigenvalue weighted by Gasteiger charge is 2.42. The molecule has 1 fully saturated rings. The Morgan fingerprint density at radius 2 is 1.69 bits per heavy atom. The first-order chi connectivity index (χ1) is 22.9. The number of aliphatic hydroxyl groups is 1. The van der Waals surface area contributed by atoms with Gasteiger partial charge in [0.05, 0.1) is 25.9 Å². The lowest BCUT2D eigenvalue weighted by molar-refractivity contribution is -0.131. The van der Waals surface area contributed by atoms with Gasteiger partial charge in [-0.1, -0.05) is 55.8 Å². The molecule has 0 aromatic heterocycles. The summed E-state index contributed by atoms with van der Waals surface area (Å²) in [6, 6.07) is 4.57. The topological polar surface area (TPSA) is 182 Å². The van der Waals surface area contributed by atoms with Crippen LogP contribution < -0.4 is 16.0 Å². The van der Waals surface area contributed by atoms with Gasteiger partial charge in [-0.05, 0) is 57.2 Å². The second-order valence-electron chi connectivity index (χ2n) is 11.5. The fraction of sp³-hybridized carbons (Fsp3) is 0.688. The molecule has 1 aliphatic carbocycles. The van der Waals surface area contributed by atoms with Crippen LogP contribution in [0.5, 0.6) is 0 Å². The van der Waals surface area contributed by atoms with Crippen molar-refractivity contribution in [3.63, 3.8) is 0 Å². The largest absolute Gasteiger partial charge is 0.450 e. The Hall–Kier alpha value is -2.90. The van der Waals surface area contributed by atoms with Gasteiger partial charge in [0.25, 0.3) is 0 Å². The van der Waals surface area contributed by atoms with Crippen LogP contribution in [0.15, 0.2) is 24.3 Å². The number of hydrogen-bond donors (Lipinski definition) is 4. The van der Waals surface area contributed by atoms with Crippen LogP contribution in [0.25, 0.3) is 0 Å². The number of nitrogens with one attached hydrogen (secondary N) is 3. The number of carbonyl (C=O) groups excluding carboxylic acids is 4. The van der Waals surface area contributed by atoms with E-state index in [0.717, 1.165) is 32.1 Å². The van der Waals surface area contributed by atoms with Crippen molar-refractivity contribution in [1.29, 1.82) is 0 Å². The molecule has 0 heterocycles. The second kappa shape index (κ2) is 21.9. The van der Waals surface area contributed by atoms with Crippen molar-refractivity contribution in [1.82, 2.24) is 20.9 Å². The first-order valence-corrected chi connectivity index (χ1v) is 18.6. The molecule has 0 spiro atoms. The molecule has 1 aromatic carbocycles. The average molecular weight is 719 g/mol. The Bertz CT molecular complexity index is 1210. The lowest BCUT2D eigenvalue weighted by atomic mass is 9.84. The predicted octanol–water partition coefficient (Wildman–Crippen LogP) is 4.96. The van der Waals surface area contributed by atoms with Crippen LogP contribution >= 0.6 is 19.2 Å². The van der Waals surface area contributed by atoms with Crippen molar-refractivity contribution in [3.8, 4) is 0 Å². The molecule has 0 bridgehead atoms. The Labute approximate surface area is 288 Å². The Morgan fingerprint density at radius 3 is 2.31 bits per heavy atom. The number of alkyl carbamates (subject to hydrolysis) is 2. The molecule has 0 saturated heterocycles. The standard InChI is InChI=1S/C32H52ClN4O10P/c1-5-44-31(41)34-18-19-37(4)28(38)17-16-26(30(40)48(43,46-6-2)47-7-3)35-29(39)27(21-23-12-9-8-10-13-23)36-32(42)45-22-24-14-11-15-25(33)20-24/h11,14-15,20,23,26-27,30,40H,5-10,12-13,16-19,21-22H2,1-4H3,(H,34,41)(H,35,39)(H,36,42)/t26-,27-,30?/m0/s1. The molecule has 16 heteroatoms. The lowest BCUT2D eigenvalue weighted by Crippen LogP contribution is -2.53. The molecule has 1 unspecified atom stereocenters. The minimum absolute atomic E-state index is 0.0333. The molecule has 48 heavy (non-hydrogen) atoms. The fourth-order valence-electron chi connectivity index (χ4n) is 5.40. The lowest BCUT2D eigenvalue weighted by Gasteiger charge is -2.32. The predicted molar refractivity (Wildman–Crippen MR) is 180 cm³/mol. The van der Waals surface area contributed by atoms with Gasteiger partial charge in [-0.2, -0.15) is 0 Å². The number of nitrogens with zero attached hydrogens (tertiary/aromatic N) is 1. The van der Waals surface area contributed by atoms with Gasteiger partial charge in [0.1, 0.15) is 12.6 Å². The number of carbonyl (C=O) groups is 4. The van der Waals surface area contributed by atoms with E-state index >= 15 is 0 Å². The van der Waals surface area contributed by atoms with Crippen molar-refractivity contribution in [2.45, 2.75) is 96.7 Å². The molecule has 3 atom stereocenters. The molecular formula is C32H52ClN4O10P. The van der Waals surface area contributed by atoms with Crippen LogP contribution in [0.3, 0.4) is 0 Å². The molecule has 4 amide bonds. The molecule has 272 valence electrons. The zero-order chi connectivity index (χ0) is 35.5. The van der Waals surface area contributed by atoms with Crippen LogP contribution in [-0.2, 0) is 39.3 Å². The summed E-state index contributed by atoms with van der Waals surface area (Å²) < 4.78 is 34.5. The Balaban J connectivity index is 2.20. The molecule has 1 saturated carbocycles. The quantitative estimate of drug-likeness (QED) is 0.135. The van der Waals surface area contributed by atoms with E-state index in [4.69, 9.17) is 30.1 Å². The van der Waals surface area contributed by atoms with Gasteiger partial charge in [-0.15, -0.1) is 0 Å². The van der Waals surface area contributed by atoms with E-state index in [2.05, 4.69) is 16.0 Å². The molecule has 1 aliphatic rings. The summed E-state index contributed by atoms with van der Waals surface area (Å²) in [6.45, 7) is 5.27. The number of ether oxygens (including phenoxy) is 2. The van der Waals surface area contributed by atoms with E-state index < -0.39 is 43.6 Å². The molecule has 0 radical (unpaired) electrons. The highest BCUT2D eigenvalue weighted by atomic mass is 35.5. The van der Waals surface area contributed by atoms with Crippen molar-refractivity contribution in [2.24, 2.45) is 5.92 Å².